The Balaban J connectivity index is 0.00000176. The maximum atomic E-state index is 13.3. The third-order valence-electron chi connectivity index (χ3n) is 4.83. The molecule has 22 heavy (non-hydrogen) atoms. The number of nitrogens with zero attached hydrogens (tertiary/aromatic N) is 2. The lowest BCUT2D eigenvalue weighted by molar-refractivity contribution is 0.151. The van der Waals surface area contributed by atoms with Crippen molar-refractivity contribution in [2.24, 2.45) is 10.4 Å². The normalized spacial score (nSPS) is 19.7. The second-order valence-electron chi connectivity index (χ2n) is 6.21. The van der Waals surface area contributed by atoms with E-state index < -0.39 is 5.82 Å². The lowest BCUT2D eigenvalue weighted by Gasteiger charge is -2.38. The molecule has 6 heteroatoms. The molecule has 2 fully saturated rings. The molecule has 1 spiro atoms. The van der Waals surface area contributed by atoms with Crippen LogP contribution in [0.1, 0.15) is 31.2 Å². The van der Waals surface area contributed by atoms with Crippen LogP contribution in [-0.2, 0) is 6.54 Å². The molecule has 1 heterocycles. The lowest BCUT2D eigenvalue weighted by atomic mass is 9.68. The zero-order chi connectivity index (χ0) is 14.9. The van der Waals surface area contributed by atoms with Crippen LogP contribution < -0.4 is 5.32 Å². The van der Waals surface area contributed by atoms with Crippen molar-refractivity contribution >= 4 is 29.9 Å². The van der Waals surface area contributed by atoms with E-state index in [2.05, 4.69) is 15.2 Å². The SMILES string of the molecule is CN=C(NCc1ccc(O)c(F)c1)N1CCC2(CCC2)C1.I. The highest BCUT2D eigenvalue weighted by molar-refractivity contribution is 14.0. The van der Waals surface area contributed by atoms with Gasteiger partial charge in [-0.1, -0.05) is 12.5 Å². The van der Waals surface area contributed by atoms with E-state index in [0.29, 0.717) is 12.0 Å². The number of hydrogen-bond acceptors (Lipinski definition) is 2. The number of guanidine groups is 1. The quantitative estimate of drug-likeness (QED) is 0.440. The molecule has 1 aromatic rings. The van der Waals surface area contributed by atoms with Gasteiger partial charge in [0.05, 0.1) is 0 Å². The molecule has 0 unspecified atom stereocenters. The number of aromatic hydroxyl groups is 1. The molecule has 0 atom stereocenters. The van der Waals surface area contributed by atoms with Crippen molar-refractivity contribution in [2.45, 2.75) is 32.2 Å². The Morgan fingerprint density at radius 2 is 2.18 bits per heavy atom. The van der Waals surface area contributed by atoms with Crippen molar-refractivity contribution in [3.05, 3.63) is 29.6 Å². The van der Waals surface area contributed by atoms with E-state index >= 15 is 0 Å². The van der Waals surface area contributed by atoms with Crippen molar-refractivity contribution in [2.75, 3.05) is 20.1 Å². The Bertz CT molecular complexity index is 560. The third-order valence-corrected chi connectivity index (χ3v) is 4.83. The number of rotatable bonds is 2. The molecule has 0 bridgehead atoms. The van der Waals surface area contributed by atoms with Crippen LogP contribution in [0.2, 0.25) is 0 Å². The maximum absolute atomic E-state index is 13.3. The Kier molecular flexibility index (Phi) is 5.52. The van der Waals surface area contributed by atoms with Gasteiger partial charge >= 0.3 is 0 Å². The summed E-state index contributed by atoms with van der Waals surface area (Å²) in [5.74, 6) is -0.0132. The van der Waals surface area contributed by atoms with E-state index in [1.807, 2.05) is 0 Å². The predicted molar refractivity (Wildman–Crippen MR) is 96.2 cm³/mol. The van der Waals surface area contributed by atoms with Crippen molar-refractivity contribution in [1.82, 2.24) is 10.2 Å². The Labute approximate surface area is 147 Å². The molecule has 1 aliphatic carbocycles. The molecular weight excluding hydrogens is 396 g/mol. The molecule has 1 saturated heterocycles. The van der Waals surface area contributed by atoms with Crippen molar-refractivity contribution < 1.29 is 9.50 Å². The highest BCUT2D eigenvalue weighted by Gasteiger charge is 2.43. The van der Waals surface area contributed by atoms with Gasteiger partial charge in [-0.15, -0.1) is 24.0 Å². The van der Waals surface area contributed by atoms with Gasteiger partial charge in [0.1, 0.15) is 0 Å². The number of benzene rings is 1. The van der Waals surface area contributed by atoms with Crippen molar-refractivity contribution in [3.63, 3.8) is 0 Å². The number of hydrogen-bond donors (Lipinski definition) is 2. The van der Waals surface area contributed by atoms with Crippen LogP contribution in [0.5, 0.6) is 5.75 Å². The standard InChI is InChI=1S/C16H22FN3O.HI/c1-18-15(20-8-7-16(11-20)5-2-6-16)19-10-12-3-4-14(21)13(17)9-12;/h3-4,9,21H,2,5-8,10-11H2,1H3,(H,18,19);1H. The average molecular weight is 419 g/mol. The van der Waals surface area contributed by atoms with E-state index in [1.54, 1.807) is 13.1 Å². The number of likely N-dealkylation sites (tertiary alicyclic amines) is 1. The van der Waals surface area contributed by atoms with Gasteiger partial charge in [0.15, 0.2) is 17.5 Å². The summed E-state index contributed by atoms with van der Waals surface area (Å²) >= 11 is 0. The summed E-state index contributed by atoms with van der Waals surface area (Å²) in [6.07, 6.45) is 5.28. The van der Waals surface area contributed by atoms with Gasteiger partial charge in [0, 0.05) is 26.7 Å². The van der Waals surface area contributed by atoms with E-state index in [-0.39, 0.29) is 29.7 Å². The van der Waals surface area contributed by atoms with E-state index in [1.165, 1.54) is 37.8 Å². The summed E-state index contributed by atoms with van der Waals surface area (Å²) in [6, 6.07) is 4.46. The summed E-state index contributed by atoms with van der Waals surface area (Å²) in [4.78, 5) is 6.64. The molecule has 3 rings (SSSR count). The summed E-state index contributed by atoms with van der Waals surface area (Å²) in [5.41, 5.74) is 1.33. The van der Waals surface area contributed by atoms with Crippen molar-refractivity contribution in [1.29, 1.82) is 0 Å². The van der Waals surface area contributed by atoms with Gasteiger partial charge in [-0.3, -0.25) is 4.99 Å². The first-order valence-electron chi connectivity index (χ1n) is 7.55. The average Bonchev–Trinajstić information content (AvgIpc) is 2.89. The zero-order valence-corrected chi connectivity index (χ0v) is 15.1. The number of aliphatic imine (C=N–C) groups is 1. The number of phenols is 1. The van der Waals surface area contributed by atoms with Gasteiger partial charge in [0.25, 0.3) is 0 Å². The number of phenolic OH excluding ortho intramolecular Hbond substituents is 1. The molecule has 1 aliphatic heterocycles. The van der Waals surface area contributed by atoms with E-state index in [9.17, 15) is 9.50 Å². The lowest BCUT2D eigenvalue weighted by Crippen LogP contribution is -2.42. The molecular formula is C16H23FIN3O. The first-order valence-corrected chi connectivity index (χ1v) is 7.55. The third kappa shape index (κ3) is 3.47. The fourth-order valence-electron chi connectivity index (χ4n) is 3.37. The molecule has 1 saturated carbocycles. The summed E-state index contributed by atoms with van der Waals surface area (Å²) < 4.78 is 13.3. The van der Waals surface area contributed by atoms with Crippen LogP contribution in [-0.4, -0.2) is 36.1 Å². The Morgan fingerprint density at radius 1 is 1.41 bits per heavy atom. The van der Waals surface area contributed by atoms with Gasteiger partial charge in [-0.05, 0) is 42.4 Å². The minimum atomic E-state index is -0.584. The van der Waals surface area contributed by atoms with Crippen LogP contribution in [0.4, 0.5) is 4.39 Å². The molecule has 2 N–H and O–H groups in total. The van der Waals surface area contributed by atoms with Gasteiger partial charge < -0.3 is 15.3 Å². The largest absolute Gasteiger partial charge is 0.505 e. The fraction of sp³-hybridized carbons (Fsp3) is 0.562. The second-order valence-corrected chi connectivity index (χ2v) is 6.21. The molecule has 122 valence electrons. The molecule has 0 radical (unpaired) electrons. The molecule has 4 nitrogen and oxygen atoms in total. The van der Waals surface area contributed by atoms with Crippen molar-refractivity contribution in [3.8, 4) is 5.75 Å². The molecule has 0 amide bonds. The minimum absolute atomic E-state index is 0. The molecule has 1 aromatic carbocycles. The first-order chi connectivity index (χ1) is 10.1. The fourth-order valence-corrected chi connectivity index (χ4v) is 3.37. The van der Waals surface area contributed by atoms with E-state index in [4.69, 9.17) is 0 Å². The highest BCUT2D eigenvalue weighted by atomic mass is 127. The highest BCUT2D eigenvalue weighted by Crippen LogP contribution is 2.47. The summed E-state index contributed by atoms with van der Waals surface area (Å²) in [5, 5.41) is 12.5. The van der Waals surface area contributed by atoms with Crippen LogP contribution in [0.3, 0.4) is 0 Å². The molecule has 2 aliphatic rings. The monoisotopic (exact) mass is 419 g/mol. The number of nitrogens with one attached hydrogen (secondary N) is 1. The number of halogens is 2. The van der Waals surface area contributed by atoms with Crippen LogP contribution in [0.25, 0.3) is 0 Å². The van der Waals surface area contributed by atoms with Crippen LogP contribution >= 0.6 is 24.0 Å². The van der Waals surface area contributed by atoms with E-state index in [0.717, 1.165) is 24.6 Å². The van der Waals surface area contributed by atoms with Crippen LogP contribution in [0.15, 0.2) is 23.2 Å². The maximum Gasteiger partial charge on any atom is 0.193 e. The minimum Gasteiger partial charge on any atom is -0.505 e. The smallest absolute Gasteiger partial charge is 0.193 e. The molecule has 0 aromatic heterocycles. The topological polar surface area (TPSA) is 47.9 Å². The Morgan fingerprint density at radius 3 is 2.73 bits per heavy atom. The van der Waals surface area contributed by atoms with Crippen LogP contribution in [0, 0.1) is 11.2 Å². The summed E-state index contributed by atoms with van der Waals surface area (Å²) in [6.45, 7) is 2.63. The van der Waals surface area contributed by atoms with Gasteiger partial charge in [-0.25, -0.2) is 4.39 Å². The zero-order valence-electron chi connectivity index (χ0n) is 12.8. The predicted octanol–water partition coefficient (Wildman–Crippen LogP) is 3.10. The van der Waals surface area contributed by atoms with Gasteiger partial charge in [-0.2, -0.15) is 0 Å². The Hall–Kier alpha value is -1.05. The summed E-state index contributed by atoms with van der Waals surface area (Å²) in [7, 11) is 1.78. The second kappa shape index (κ2) is 7.02. The van der Waals surface area contributed by atoms with Gasteiger partial charge in [0.2, 0.25) is 0 Å². The first kappa shape index (κ1) is 17.3.